The fourth-order valence-corrected chi connectivity index (χ4v) is 2.64. The maximum atomic E-state index is 11.7. The highest BCUT2D eigenvalue weighted by Gasteiger charge is 2.21. The van der Waals surface area contributed by atoms with Gasteiger partial charge in [-0.3, -0.25) is 4.79 Å². The Morgan fingerprint density at radius 2 is 2.53 bits per heavy atom. The third-order valence-corrected chi connectivity index (χ3v) is 3.70. The highest BCUT2D eigenvalue weighted by atomic mass is 32.1. The van der Waals surface area contributed by atoms with E-state index in [9.17, 15) is 4.79 Å². The zero-order chi connectivity index (χ0) is 10.7. The van der Waals surface area contributed by atoms with Crippen molar-refractivity contribution in [1.82, 2.24) is 10.6 Å². The summed E-state index contributed by atoms with van der Waals surface area (Å²) in [5, 5.41) is 10.4. The first kappa shape index (κ1) is 10.6. The molecule has 82 valence electrons. The summed E-state index contributed by atoms with van der Waals surface area (Å²) >= 11 is 1.68. The van der Waals surface area contributed by atoms with Crippen molar-refractivity contribution < 1.29 is 4.79 Å². The van der Waals surface area contributed by atoms with E-state index >= 15 is 0 Å². The Bertz CT molecular complexity index is 342. The molecule has 2 N–H and O–H groups in total. The zero-order valence-corrected chi connectivity index (χ0v) is 9.69. The lowest BCUT2D eigenvalue weighted by Crippen LogP contribution is -2.40. The fourth-order valence-electron chi connectivity index (χ4n) is 1.78. The van der Waals surface area contributed by atoms with Gasteiger partial charge in [-0.25, -0.2) is 0 Å². The third kappa shape index (κ3) is 2.58. The van der Waals surface area contributed by atoms with Gasteiger partial charge < -0.3 is 10.6 Å². The van der Waals surface area contributed by atoms with Crippen molar-refractivity contribution in [2.45, 2.75) is 32.4 Å². The van der Waals surface area contributed by atoms with E-state index in [0.29, 0.717) is 6.54 Å². The van der Waals surface area contributed by atoms with Gasteiger partial charge >= 0.3 is 0 Å². The molecule has 3 nitrogen and oxygen atoms in total. The Labute approximate surface area is 93.9 Å². The number of rotatable bonds is 3. The van der Waals surface area contributed by atoms with Gasteiger partial charge in [0, 0.05) is 6.54 Å². The highest BCUT2D eigenvalue weighted by molar-refractivity contribution is 7.08. The van der Waals surface area contributed by atoms with Crippen LogP contribution in [0.15, 0.2) is 10.8 Å². The number of carbonyl (C=O) groups excluding carboxylic acids is 1. The minimum atomic E-state index is 0.0314. The van der Waals surface area contributed by atoms with Crippen molar-refractivity contribution in [2.24, 2.45) is 0 Å². The Morgan fingerprint density at radius 1 is 1.67 bits per heavy atom. The highest BCUT2D eigenvalue weighted by Crippen LogP contribution is 2.13. The summed E-state index contributed by atoms with van der Waals surface area (Å²) in [7, 11) is 0. The Balaban J connectivity index is 1.83. The van der Waals surface area contributed by atoms with E-state index in [1.807, 2.05) is 0 Å². The minimum absolute atomic E-state index is 0.0314. The van der Waals surface area contributed by atoms with E-state index < -0.39 is 0 Å². The van der Waals surface area contributed by atoms with E-state index in [1.54, 1.807) is 11.3 Å². The topological polar surface area (TPSA) is 41.1 Å². The molecule has 1 aromatic heterocycles. The molecule has 0 bridgehead atoms. The number of carbonyl (C=O) groups is 1. The lowest BCUT2D eigenvalue weighted by atomic mass is 10.2. The zero-order valence-electron chi connectivity index (χ0n) is 8.88. The van der Waals surface area contributed by atoms with Crippen molar-refractivity contribution in [3.05, 3.63) is 21.9 Å². The van der Waals surface area contributed by atoms with E-state index in [4.69, 9.17) is 0 Å². The molecule has 1 saturated heterocycles. The van der Waals surface area contributed by atoms with Crippen molar-refractivity contribution >= 4 is 17.2 Å². The van der Waals surface area contributed by atoms with Gasteiger partial charge in [-0.15, -0.1) is 0 Å². The van der Waals surface area contributed by atoms with Gasteiger partial charge in [0.05, 0.1) is 6.04 Å². The Morgan fingerprint density at radius 3 is 3.13 bits per heavy atom. The van der Waals surface area contributed by atoms with Gasteiger partial charge in [-0.1, -0.05) is 0 Å². The summed E-state index contributed by atoms with van der Waals surface area (Å²) in [4.78, 5) is 11.7. The van der Waals surface area contributed by atoms with Crippen LogP contribution in [0.1, 0.15) is 24.0 Å². The minimum Gasteiger partial charge on any atom is -0.351 e. The third-order valence-electron chi connectivity index (χ3n) is 2.79. The number of thiophene rings is 1. The van der Waals surface area contributed by atoms with Gasteiger partial charge in [0.2, 0.25) is 5.91 Å². The predicted octanol–water partition coefficient (Wildman–Crippen LogP) is 1.42. The van der Waals surface area contributed by atoms with E-state index in [0.717, 1.165) is 19.4 Å². The summed E-state index contributed by atoms with van der Waals surface area (Å²) in [5.74, 6) is 0.137. The summed E-state index contributed by atoms with van der Waals surface area (Å²) in [6, 6.07) is 0.0314. The van der Waals surface area contributed by atoms with Crippen LogP contribution in [-0.4, -0.2) is 18.5 Å². The first-order chi connectivity index (χ1) is 7.27. The molecular weight excluding hydrogens is 208 g/mol. The molecule has 15 heavy (non-hydrogen) atoms. The second-order valence-corrected chi connectivity index (χ2v) is 4.69. The number of aryl methyl sites for hydroxylation is 1. The molecular formula is C11H16N2OS. The number of hydrogen-bond donors (Lipinski definition) is 2. The molecule has 4 heteroatoms. The number of hydrogen-bond acceptors (Lipinski definition) is 3. The van der Waals surface area contributed by atoms with Crippen LogP contribution in [0, 0.1) is 6.92 Å². The molecule has 1 amide bonds. The summed E-state index contributed by atoms with van der Waals surface area (Å²) in [5.41, 5.74) is 2.49. The van der Waals surface area contributed by atoms with Gasteiger partial charge in [-0.05, 0) is 48.2 Å². The van der Waals surface area contributed by atoms with Crippen molar-refractivity contribution in [3.63, 3.8) is 0 Å². The molecule has 0 saturated carbocycles. The molecule has 1 aliphatic rings. The van der Waals surface area contributed by atoms with E-state index in [2.05, 4.69) is 28.3 Å². The van der Waals surface area contributed by atoms with Crippen LogP contribution in [0.3, 0.4) is 0 Å². The summed E-state index contributed by atoms with van der Waals surface area (Å²) in [6.07, 6.45) is 2.07. The van der Waals surface area contributed by atoms with Crippen LogP contribution < -0.4 is 10.6 Å². The van der Waals surface area contributed by atoms with Gasteiger partial charge in [0.25, 0.3) is 0 Å². The molecule has 1 aromatic rings. The van der Waals surface area contributed by atoms with Crippen molar-refractivity contribution in [2.75, 3.05) is 6.54 Å². The van der Waals surface area contributed by atoms with Crippen LogP contribution in [0.5, 0.6) is 0 Å². The summed E-state index contributed by atoms with van der Waals surface area (Å²) < 4.78 is 0. The SMILES string of the molecule is Cc1cscc1CNC(=O)[C@H]1CCCN1. The second kappa shape index (κ2) is 4.77. The predicted molar refractivity (Wildman–Crippen MR) is 61.9 cm³/mol. The molecule has 0 aromatic carbocycles. The van der Waals surface area contributed by atoms with E-state index in [-0.39, 0.29) is 11.9 Å². The van der Waals surface area contributed by atoms with Crippen LogP contribution in [0.4, 0.5) is 0 Å². The molecule has 0 spiro atoms. The van der Waals surface area contributed by atoms with Crippen LogP contribution in [0.25, 0.3) is 0 Å². The molecule has 1 fully saturated rings. The standard InChI is InChI=1S/C11H16N2OS/c1-8-6-15-7-9(8)5-13-11(14)10-3-2-4-12-10/h6-7,10,12H,2-5H2,1H3,(H,13,14)/t10-/m1/s1. The second-order valence-electron chi connectivity index (χ2n) is 3.95. The molecule has 0 radical (unpaired) electrons. The molecule has 2 heterocycles. The smallest absolute Gasteiger partial charge is 0.237 e. The van der Waals surface area contributed by atoms with Crippen molar-refractivity contribution in [3.8, 4) is 0 Å². The fraction of sp³-hybridized carbons (Fsp3) is 0.545. The molecule has 0 aliphatic carbocycles. The first-order valence-electron chi connectivity index (χ1n) is 5.30. The van der Waals surface area contributed by atoms with Crippen molar-refractivity contribution in [1.29, 1.82) is 0 Å². The number of nitrogens with one attached hydrogen (secondary N) is 2. The lowest BCUT2D eigenvalue weighted by Gasteiger charge is -2.10. The van der Waals surface area contributed by atoms with Gasteiger partial charge in [-0.2, -0.15) is 11.3 Å². The van der Waals surface area contributed by atoms with E-state index in [1.165, 1.54) is 11.1 Å². The van der Waals surface area contributed by atoms with Gasteiger partial charge in [0.1, 0.15) is 0 Å². The quantitative estimate of drug-likeness (QED) is 0.815. The monoisotopic (exact) mass is 224 g/mol. The molecule has 0 unspecified atom stereocenters. The maximum absolute atomic E-state index is 11.7. The van der Waals surface area contributed by atoms with Gasteiger partial charge in [0.15, 0.2) is 0 Å². The average Bonchev–Trinajstić information content (AvgIpc) is 2.85. The average molecular weight is 224 g/mol. The normalized spacial score (nSPS) is 20.5. The molecule has 1 atom stereocenters. The Hall–Kier alpha value is -0.870. The van der Waals surface area contributed by atoms with Crippen LogP contribution in [0.2, 0.25) is 0 Å². The number of amides is 1. The summed E-state index contributed by atoms with van der Waals surface area (Å²) in [6.45, 7) is 3.70. The lowest BCUT2D eigenvalue weighted by molar-refractivity contribution is -0.122. The largest absolute Gasteiger partial charge is 0.351 e. The Kier molecular flexibility index (Phi) is 3.38. The maximum Gasteiger partial charge on any atom is 0.237 e. The van der Waals surface area contributed by atoms with Crippen LogP contribution in [-0.2, 0) is 11.3 Å². The first-order valence-corrected chi connectivity index (χ1v) is 6.24. The van der Waals surface area contributed by atoms with Crippen LogP contribution >= 0.6 is 11.3 Å². The molecule has 2 rings (SSSR count). The molecule has 1 aliphatic heterocycles.